The molecule has 1 aromatic carbocycles. The highest BCUT2D eigenvalue weighted by Crippen LogP contribution is 2.45. The number of halogens is 1. The van der Waals surface area contributed by atoms with Crippen LogP contribution in [0.5, 0.6) is 0 Å². The van der Waals surface area contributed by atoms with Gasteiger partial charge in [0.15, 0.2) is 5.15 Å². The Morgan fingerprint density at radius 3 is 2.86 bits per heavy atom. The lowest BCUT2D eigenvalue weighted by atomic mass is 10.2. The molecule has 112 valence electrons. The van der Waals surface area contributed by atoms with Crippen LogP contribution in [-0.2, 0) is 5.54 Å². The lowest BCUT2D eigenvalue weighted by Gasteiger charge is -2.10. The van der Waals surface area contributed by atoms with Gasteiger partial charge in [0.2, 0.25) is 5.95 Å². The molecule has 2 aromatic heterocycles. The molecule has 0 bridgehead atoms. The zero-order valence-electron chi connectivity index (χ0n) is 12.5. The van der Waals surface area contributed by atoms with Crippen LogP contribution in [0.15, 0.2) is 30.6 Å². The van der Waals surface area contributed by atoms with E-state index in [0.717, 1.165) is 29.4 Å². The number of anilines is 2. The largest absolute Gasteiger partial charge is 0.320 e. The summed E-state index contributed by atoms with van der Waals surface area (Å²) in [6.45, 7) is 4.21. The Hall–Kier alpha value is -2.14. The summed E-state index contributed by atoms with van der Waals surface area (Å²) < 4.78 is 1.88. The van der Waals surface area contributed by atoms with Crippen molar-refractivity contribution >= 4 is 34.1 Å². The van der Waals surface area contributed by atoms with Gasteiger partial charge in [-0.05, 0) is 38.8 Å². The summed E-state index contributed by atoms with van der Waals surface area (Å²) in [5.41, 5.74) is 2.90. The third-order valence-electron chi connectivity index (χ3n) is 4.18. The number of aryl methyl sites for hydroxylation is 1. The molecule has 0 aliphatic heterocycles. The first-order chi connectivity index (χ1) is 10.5. The van der Waals surface area contributed by atoms with Crippen LogP contribution in [0, 0.1) is 6.92 Å². The second-order valence-corrected chi connectivity index (χ2v) is 6.50. The van der Waals surface area contributed by atoms with E-state index in [9.17, 15) is 0 Å². The Balaban J connectivity index is 1.66. The minimum atomic E-state index is 0.0682. The summed E-state index contributed by atoms with van der Waals surface area (Å²) in [7, 11) is 0. The first-order valence-corrected chi connectivity index (χ1v) is 7.67. The lowest BCUT2D eigenvalue weighted by Crippen LogP contribution is -2.13. The summed E-state index contributed by atoms with van der Waals surface area (Å²) in [4.78, 5) is 8.88. The maximum Gasteiger partial charge on any atom is 0.227 e. The molecule has 0 atom stereocenters. The number of nitrogens with one attached hydrogen (secondary N) is 1. The van der Waals surface area contributed by atoms with Gasteiger partial charge in [-0.1, -0.05) is 23.2 Å². The smallest absolute Gasteiger partial charge is 0.227 e. The fourth-order valence-corrected chi connectivity index (χ4v) is 2.86. The summed E-state index contributed by atoms with van der Waals surface area (Å²) in [5.74, 6) is 0.527. The minimum absolute atomic E-state index is 0.0682. The zero-order chi connectivity index (χ0) is 15.3. The van der Waals surface area contributed by atoms with E-state index in [1.54, 1.807) is 6.20 Å². The molecule has 2 heterocycles. The maximum absolute atomic E-state index is 6.42. The molecular formula is C16H16ClN5. The van der Waals surface area contributed by atoms with Crippen molar-refractivity contribution < 1.29 is 0 Å². The van der Waals surface area contributed by atoms with Crippen molar-refractivity contribution in [3.8, 4) is 0 Å². The van der Waals surface area contributed by atoms with E-state index in [4.69, 9.17) is 11.6 Å². The number of fused-ring (bicyclic) bond motifs is 1. The first kappa shape index (κ1) is 13.5. The highest BCUT2D eigenvalue weighted by Gasteiger charge is 2.42. The summed E-state index contributed by atoms with van der Waals surface area (Å²) in [6, 6.07) is 6.10. The van der Waals surface area contributed by atoms with Crippen molar-refractivity contribution in [1.29, 1.82) is 0 Å². The molecule has 0 amide bonds. The molecule has 1 saturated carbocycles. The Kier molecular flexibility index (Phi) is 2.87. The van der Waals surface area contributed by atoms with Crippen LogP contribution in [-0.4, -0.2) is 19.7 Å². The van der Waals surface area contributed by atoms with E-state index in [2.05, 4.69) is 40.3 Å². The number of rotatable bonds is 3. The van der Waals surface area contributed by atoms with Crippen molar-refractivity contribution in [2.75, 3.05) is 5.32 Å². The van der Waals surface area contributed by atoms with Gasteiger partial charge in [-0.2, -0.15) is 5.10 Å². The Labute approximate surface area is 133 Å². The predicted octanol–water partition coefficient (Wildman–Crippen LogP) is 4.04. The number of hydrogen-bond acceptors (Lipinski definition) is 4. The monoisotopic (exact) mass is 313 g/mol. The van der Waals surface area contributed by atoms with Crippen LogP contribution in [0.1, 0.15) is 25.3 Å². The van der Waals surface area contributed by atoms with Crippen molar-refractivity contribution in [2.45, 2.75) is 32.2 Å². The van der Waals surface area contributed by atoms with Gasteiger partial charge >= 0.3 is 0 Å². The van der Waals surface area contributed by atoms with Gasteiger partial charge in [-0.25, -0.2) is 14.6 Å². The number of nitrogens with zero attached hydrogens (tertiary/aromatic N) is 4. The summed E-state index contributed by atoms with van der Waals surface area (Å²) >= 11 is 6.42. The van der Waals surface area contributed by atoms with E-state index < -0.39 is 0 Å². The molecule has 3 aromatic rings. The molecule has 1 aliphatic carbocycles. The molecule has 0 spiro atoms. The quantitative estimate of drug-likeness (QED) is 0.793. The fraction of sp³-hybridized carbons (Fsp3) is 0.312. The van der Waals surface area contributed by atoms with Gasteiger partial charge < -0.3 is 5.32 Å². The van der Waals surface area contributed by atoms with Crippen LogP contribution >= 0.6 is 11.6 Å². The maximum atomic E-state index is 6.42. The highest BCUT2D eigenvalue weighted by molar-refractivity contribution is 6.32. The minimum Gasteiger partial charge on any atom is -0.320 e. The molecule has 1 aliphatic rings. The number of aromatic nitrogens is 4. The zero-order valence-corrected chi connectivity index (χ0v) is 13.2. The van der Waals surface area contributed by atoms with Crippen molar-refractivity contribution in [1.82, 2.24) is 19.7 Å². The molecule has 1 fully saturated rings. The molecule has 1 N–H and O–H groups in total. The van der Waals surface area contributed by atoms with E-state index in [1.807, 2.05) is 23.0 Å². The van der Waals surface area contributed by atoms with E-state index >= 15 is 0 Å². The SMILES string of the molecule is Cc1ccc2nc(Nc3cnn(C4(C)CC4)c3Cl)ncc2c1. The second-order valence-electron chi connectivity index (χ2n) is 6.14. The van der Waals surface area contributed by atoms with Crippen molar-refractivity contribution in [2.24, 2.45) is 0 Å². The lowest BCUT2D eigenvalue weighted by molar-refractivity contribution is 0.474. The normalized spacial score (nSPS) is 16.0. The molecule has 0 unspecified atom stereocenters. The van der Waals surface area contributed by atoms with E-state index in [1.165, 1.54) is 5.56 Å². The molecular weight excluding hydrogens is 298 g/mol. The summed E-state index contributed by atoms with van der Waals surface area (Å²) in [6.07, 6.45) is 5.77. The van der Waals surface area contributed by atoms with Gasteiger partial charge in [0.25, 0.3) is 0 Å². The van der Waals surface area contributed by atoms with Gasteiger partial charge in [-0.15, -0.1) is 0 Å². The third kappa shape index (κ3) is 2.22. The van der Waals surface area contributed by atoms with Gasteiger partial charge in [0.05, 0.1) is 22.9 Å². The average molecular weight is 314 g/mol. The Bertz CT molecular complexity index is 866. The molecule has 4 rings (SSSR count). The molecule has 22 heavy (non-hydrogen) atoms. The fourth-order valence-electron chi connectivity index (χ4n) is 2.52. The number of benzene rings is 1. The van der Waals surface area contributed by atoms with Gasteiger partial charge in [0, 0.05) is 11.6 Å². The molecule has 0 radical (unpaired) electrons. The van der Waals surface area contributed by atoms with Gasteiger partial charge in [-0.3, -0.25) is 0 Å². The highest BCUT2D eigenvalue weighted by atomic mass is 35.5. The van der Waals surface area contributed by atoms with Crippen LogP contribution in [0.3, 0.4) is 0 Å². The molecule has 0 saturated heterocycles. The predicted molar refractivity (Wildman–Crippen MR) is 87.7 cm³/mol. The van der Waals surface area contributed by atoms with Crippen LogP contribution in [0.2, 0.25) is 5.15 Å². The Morgan fingerprint density at radius 2 is 2.09 bits per heavy atom. The van der Waals surface area contributed by atoms with Crippen molar-refractivity contribution in [3.63, 3.8) is 0 Å². The Morgan fingerprint density at radius 1 is 1.27 bits per heavy atom. The topological polar surface area (TPSA) is 55.6 Å². The van der Waals surface area contributed by atoms with Crippen LogP contribution < -0.4 is 5.32 Å². The first-order valence-electron chi connectivity index (χ1n) is 7.30. The average Bonchev–Trinajstić information content (AvgIpc) is 3.14. The standard InChI is InChI=1S/C16H16ClN5/c1-10-3-4-12-11(7-10)8-18-15(20-12)21-13-9-19-22(14(13)17)16(2)5-6-16/h3-4,7-9H,5-6H2,1-2H3,(H,18,20,21). The summed E-state index contributed by atoms with van der Waals surface area (Å²) in [5, 5.41) is 9.18. The van der Waals surface area contributed by atoms with Crippen LogP contribution in [0.4, 0.5) is 11.6 Å². The van der Waals surface area contributed by atoms with Gasteiger partial charge in [0.1, 0.15) is 0 Å². The second kappa shape index (κ2) is 4.68. The molecule has 5 nitrogen and oxygen atoms in total. The van der Waals surface area contributed by atoms with E-state index in [0.29, 0.717) is 11.1 Å². The number of hydrogen-bond donors (Lipinski definition) is 1. The third-order valence-corrected chi connectivity index (χ3v) is 4.54. The molecule has 6 heteroatoms. The van der Waals surface area contributed by atoms with E-state index in [-0.39, 0.29) is 5.54 Å². The van der Waals surface area contributed by atoms with Crippen molar-refractivity contribution in [3.05, 3.63) is 41.3 Å². The van der Waals surface area contributed by atoms with Crippen LogP contribution in [0.25, 0.3) is 10.9 Å².